The third-order valence-electron chi connectivity index (χ3n) is 2.81. The van der Waals surface area contributed by atoms with E-state index < -0.39 is 17.7 Å². The molecule has 1 saturated carbocycles. The van der Waals surface area contributed by atoms with Crippen LogP contribution in [0, 0.1) is 5.92 Å². The molecule has 15 heavy (non-hydrogen) atoms. The molecule has 0 spiro atoms. The van der Waals surface area contributed by atoms with Crippen LogP contribution in [0.2, 0.25) is 0 Å². The topological polar surface area (TPSA) is 20.2 Å². The lowest BCUT2D eigenvalue weighted by atomic mass is 9.88. The van der Waals surface area contributed by atoms with Gasteiger partial charge in [0.1, 0.15) is 0 Å². The Kier molecular flexibility index (Phi) is 2.26. The van der Waals surface area contributed by atoms with Gasteiger partial charge in [-0.3, -0.25) is 0 Å². The van der Waals surface area contributed by atoms with Crippen molar-refractivity contribution in [1.29, 1.82) is 0 Å². The molecule has 1 atom stereocenters. The second-order valence-corrected chi connectivity index (χ2v) is 3.90. The van der Waals surface area contributed by atoms with Crippen molar-refractivity contribution in [2.24, 2.45) is 5.92 Å². The van der Waals surface area contributed by atoms with Crippen LogP contribution in [-0.4, -0.2) is 11.3 Å². The molecule has 0 aliphatic heterocycles. The molecule has 0 unspecified atom stereocenters. The second kappa shape index (κ2) is 3.23. The first-order valence-electron chi connectivity index (χ1n) is 4.81. The average molecular weight is 216 g/mol. The van der Waals surface area contributed by atoms with Crippen LogP contribution in [0.3, 0.4) is 0 Å². The van der Waals surface area contributed by atoms with Crippen LogP contribution < -0.4 is 0 Å². The van der Waals surface area contributed by atoms with E-state index in [1.54, 1.807) is 6.07 Å². The molecule has 0 aromatic heterocycles. The van der Waals surface area contributed by atoms with E-state index >= 15 is 0 Å². The minimum atomic E-state index is -4.60. The van der Waals surface area contributed by atoms with Crippen molar-refractivity contribution in [3.63, 3.8) is 0 Å². The fraction of sp³-hybridized carbons (Fsp3) is 0.455. The van der Waals surface area contributed by atoms with Crippen molar-refractivity contribution in [3.05, 3.63) is 35.9 Å². The predicted molar refractivity (Wildman–Crippen MR) is 49.1 cm³/mol. The number of alkyl halides is 3. The lowest BCUT2D eigenvalue weighted by Crippen LogP contribution is -2.44. The van der Waals surface area contributed by atoms with Crippen molar-refractivity contribution in [2.45, 2.75) is 24.6 Å². The van der Waals surface area contributed by atoms with E-state index in [0.717, 1.165) is 0 Å². The summed E-state index contributed by atoms with van der Waals surface area (Å²) >= 11 is 0. The van der Waals surface area contributed by atoms with Gasteiger partial charge in [-0.15, -0.1) is 0 Å². The van der Waals surface area contributed by atoms with E-state index in [-0.39, 0.29) is 5.56 Å². The molecule has 0 heterocycles. The summed E-state index contributed by atoms with van der Waals surface area (Å²) in [6.45, 7) is 0. The van der Waals surface area contributed by atoms with Gasteiger partial charge >= 0.3 is 6.18 Å². The van der Waals surface area contributed by atoms with E-state index in [0.29, 0.717) is 12.8 Å². The Labute approximate surface area is 85.5 Å². The molecular formula is C11H11F3O. The predicted octanol–water partition coefficient (Wildman–Crippen LogP) is 2.85. The summed E-state index contributed by atoms with van der Waals surface area (Å²) in [6.07, 6.45) is -3.73. The van der Waals surface area contributed by atoms with Gasteiger partial charge in [0.05, 0.1) is 0 Å². The zero-order valence-electron chi connectivity index (χ0n) is 7.96. The van der Waals surface area contributed by atoms with Gasteiger partial charge < -0.3 is 5.11 Å². The number of hydrogen-bond donors (Lipinski definition) is 1. The summed E-state index contributed by atoms with van der Waals surface area (Å²) in [5.41, 5.74) is -2.71. The Balaban J connectivity index is 2.44. The van der Waals surface area contributed by atoms with Gasteiger partial charge in [-0.1, -0.05) is 30.3 Å². The summed E-state index contributed by atoms with van der Waals surface area (Å²) in [4.78, 5) is 0. The lowest BCUT2D eigenvalue weighted by molar-refractivity contribution is -0.275. The highest BCUT2D eigenvalue weighted by Gasteiger charge is 2.62. The summed E-state index contributed by atoms with van der Waals surface area (Å²) < 4.78 is 38.5. The number of benzene rings is 1. The molecule has 1 N–H and O–H groups in total. The molecule has 1 aliphatic carbocycles. The van der Waals surface area contributed by atoms with Gasteiger partial charge in [-0.05, 0) is 18.4 Å². The third kappa shape index (κ3) is 1.63. The van der Waals surface area contributed by atoms with Gasteiger partial charge in [0.15, 0.2) is 5.60 Å². The van der Waals surface area contributed by atoms with E-state index in [1.165, 1.54) is 24.3 Å². The molecule has 2 rings (SSSR count). The fourth-order valence-electron chi connectivity index (χ4n) is 1.82. The van der Waals surface area contributed by atoms with Crippen LogP contribution in [0.5, 0.6) is 0 Å². The maximum absolute atomic E-state index is 12.8. The van der Waals surface area contributed by atoms with Gasteiger partial charge in [0, 0.05) is 5.92 Å². The first kappa shape index (κ1) is 10.5. The Morgan fingerprint density at radius 1 is 1.07 bits per heavy atom. The smallest absolute Gasteiger partial charge is 0.376 e. The number of rotatable bonds is 2. The monoisotopic (exact) mass is 216 g/mol. The lowest BCUT2D eigenvalue weighted by Gasteiger charge is -2.31. The van der Waals surface area contributed by atoms with Crippen LogP contribution in [0.1, 0.15) is 18.4 Å². The highest BCUT2D eigenvalue weighted by Crippen LogP contribution is 2.53. The zero-order valence-corrected chi connectivity index (χ0v) is 7.96. The van der Waals surface area contributed by atoms with Crippen molar-refractivity contribution in [3.8, 4) is 0 Å². The van der Waals surface area contributed by atoms with Crippen LogP contribution >= 0.6 is 0 Å². The first-order valence-corrected chi connectivity index (χ1v) is 4.81. The Morgan fingerprint density at radius 2 is 1.60 bits per heavy atom. The van der Waals surface area contributed by atoms with E-state index in [2.05, 4.69) is 0 Å². The van der Waals surface area contributed by atoms with E-state index in [9.17, 15) is 18.3 Å². The zero-order chi connectivity index (χ0) is 11.1. The molecule has 0 amide bonds. The van der Waals surface area contributed by atoms with Crippen LogP contribution in [0.15, 0.2) is 30.3 Å². The largest absolute Gasteiger partial charge is 0.421 e. The molecule has 0 radical (unpaired) electrons. The number of aliphatic hydroxyl groups is 1. The number of halogens is 3. The normalized spacial score (nSPS) is 21.1. The van der Waals surface area contributed by atoms with Crippen molar-refractivity contribution < 1.29 is 18.3 Å². The summed E-state index contributed by atoms with van der Waals surface area (Å²) in [6, 6.07) is 7.30. The van der Waals surface area contributed by atoms with Gasteiger partial charge in [-0.2, -0.15) is 13.2 Å². The fourth-order valence-corrected chi connectivity index (χ4v) is 1.82. The highest BCUT2D eigenvalue weighted by molar-refractivity contribution is 5.26. The van der Waals surface area contributed by atoms with Crippen molar-refractivity contribution >= 4 is 0 Å². The quantitative estimate of drug-likeness (QED) is 0.805. The molecule has 1 nitrogen and oxygen atoms in total. The van der Waals surface area contributed by atoms with E-state index in [1.807, 2.05) is 0 Å². The maximum atomic E-state index is 12.8. The first-order chi connectivity index (χ1) is 6.96. The standard InChI is InChI=1S/C11H11F3O/c12-11(13,14)10(15,9-6-7-9)8-4-2-1-3-5-8/h1-5,9,15H,6-7H2/t10-/m1/s1. The molecular weight excluding hydrogens is 205 g/mol. The minimum absolute atomic E-state index is 0.0556. The second-order valence-electron chi connectivity index (χ2n) is 3.90. The Hall–Kier alpha value is -1.03. The Bertz CT molecular complexity index is 343. The highest BCUT2D eigenvalue weighted by atomic mass is 19.4. The van der Waals surface area contributed by atoms with Crippen molar-refractivity contribution in [2.75, 3.05) is 0 Å². The van der Waals surface area contributed by atoms with Gasteiger partial charge in [-0.25, -0.2) is 0 Å². The van der Waals surface area contributed by atoms with Gasteiger partial charge in [0.2, 0.25) is 0 Å². The van der Waals surface area contributed by atoms with Crippen LogP contribution in [-0.2, 0) is 5.60 Å². The van der Waals surface area contributed by atoms with E-state index in [4.69, 9.17) is 0 Å². The van der Waals surface area contributed by atoms with Crippen LogP contribution in [0.25, 0.3) is 0 Å². The molecule has 0 saturated heterocycles. The maximum Gasteiger partial charge on any atom is 0.421 e. The molecule has 1 aromatic rings. The third-order valence-corrected chi connectivity index (χ3v) is 2.81. The molecule has 1 aliphatic rings. The van der Waals surface area contributed by atoms with Crippen LogP contribution in [0.4, 0.5) is 13.2 Å². The summed E-state index contributed by atoms with van der Waals surface area (Å²) in [5.74, 6) is -0.681. The minimum Gasteiger partial charge on any atom is -0.376 e. The summed E-state index contributed by atoms with van der Waals surface area (Å²) in [7, 11) is 0. The molecule has 82 valence electrons. The van der Waals surface area contributed by atoms with Gasteiger partial charge in [0.25, 0.3) is 0 Å². The SMILES string of the molecule is O[C@](c1ccccc1)(C1CC1)C(F)(F)F. The molecule has 1 aromatic carbocycles. The molecule has 0 bridgehead atoms. The average Bonchev–Trinajstić information content (AvgIpc) is 2.99. The Morgan fingerprint density at radius 3 is 2.00 bits per heavy atom. The molecule has 4 heteroatoms. The molecule has 1 fully saturated rings. The van der Waals surface area contributed by atoms with Crippen molar-refractivity contribution in [1.82, 2.24) is 0 Å². The number of hydrogen-bond acceptors (Lipinski definition) is 1. The summed E-state index contributed by atoms with van der Waals surface area (Å²) in [5, 5.41) is 9.83.